The van der Waals surface area contributed by atoms with E-state index in [1.807, 2.05) is 36.1 Å². The maximum absolute atomic E-state index is 11.6. The first kappa shape index (κ1) is 19.2. The molecule has 0 saturated heterocycles. The molecule has 2 N–H and O–H groups in total. The molecule has 1 amide bonds. The summed E-state index contributed by atoms with van der Waals surface area (Å²) in [4.78, 5) is 23.9. The Bertz CT molecular complexity index is 451. The van der Waals surface area contributed by atoms with Crippen molar-refractivity contribution in [2.75, 3.05) is 26.7 Å². The highest BCUT2D eigenvalue weighted by Gasteiger charge is 2.10. The van der Waals surface area contributed by atoms with Crippen LogP contribution in [0.25, 0.3) is 0 Å². The predicted molar refractivity (Wildman–Crippen MR) is 81.8 cm³/mol. The van der Waals surface area contributed by atoms with E-state index >= 15 is 0 Å². The van der Waals surface area contributed by atoms with Gasteiger partial charge in [0.05, 0.1) is 13.7 Å². The summed E-state index contributed by atoms with van der Waals surface area (Å²) < 4.78 is 5.09. The summed E-state index contributed by atoms with van der Waals surface area (Å²) in [6, 6.07) is 7.62. The van der Waals surface area contributed by atoms with Gasteiger partial charge in [-0.15, -0.1) is 12.4 Å². The van der Waals surface area contributed by atoms with Crippen molar-refractivity contribution >= 4 is 24.3 Å². The smallest absolute Gasteiger partial charge is 0.322 e. The Kier molecular flexibility index (Phi) is 9.16. The van der Waals surface area contributed by atoms with Gasteiger partial charge < -0.3 is 15.2 Å². The summed E-state index contributed by atoms with van der Waals surface area (Å²) in [6.07, 6.45) is 0. The lowest BCUT2D eigenvalue weighted by Gasteiger charge is -2.19. The number of carboxylic acid groups (broad SMARTS) is 1. The molecule has 0 bridgehead atoms. The van der Waals surface area contributed by atoms with Crippen molar-refractivity contribution in [2.24, 2.45) is 0 Å². The van der Waals surface area contributed by atoms with E-state index in [1.165, 1.54) is 0 Å². The van der Waals surface area contributed by atoms with Crippen LogP contribution in [-0.2, 0) is 16.1 Å². The van der Waals surface area contributed by atoms with Gasteiger partial charge in [0.2, 0.25) is 5.91 Å². The Morgan fingerprint density at radius 1 is 1.29 bits per heavy atom. The summed E-state index contributed by atoms with van der Waals surface area (Å²) in [5, 5.41) is 10.8. The SMILES string of the molecule is CCN(CC(=O)NCC(=O)O)Cc1ccc(OC)cc1.Cl. The predicted octanol–water partition coefficient (Wildman–Crippen LogP) is 1.14. The van der Waals surface area contributed by atoms with E-state index in [-0.39, 0.29) is 31.4 Å². The van der Waals surface area contributed by atoms with Crippen molar-refractivity contribution < 1.29 is 19.4 Å². The molecular weight excluding hydrogens is 296 g/mol. The Labute approximate surface area is 130 Å². The van der Waals surface area contributed by atoms with Crippen LogP contribution in [0.15, 0.2) is 24.3 Å². The average Bonchev–Trinajstić information content (AvgIpc) is 2.45. The zero-order valence-electron chi connectivity index (χ0n) is 12.2. The van der Waals surface area contributed by atoms with Crippen LogP contribution in [0.2, 0.25) is 0 Å². The molecule has 6 nitrogen and oxygen atoms in total. The lowest BCUT2D eigenvalue weighted by atomic mass is 10.2. The number of halogens is 1. The number of amides is 1. The Morgan fingerprint density at radius 3 is 2.38 bits per heavy atom. The maximum atomic E-state index is 11.6. The number of rotatable bonds is 8. The molecule has 118 valence electrons. The molecule has 0 aliphatic heterocycles. The number of carboxylic acids is 1. The number of hydrogen-bond acceptors (Lipinski definition) is 4. The molecule has 0 atom stereocenters. The highest BCUT2D eigenvalue weighted by atomic mass is 35.5. The number of nitrogens with one attached hydrogen (secondary N) is 1. The van der Waals surface area contributed by atoms with Crippen molar-refractivity contribution in [1.29, 1.82) is 0 Å². The topological polar surface area (TPSA) is 78.9 Å². The van der Waals surface area contributed by atoms with Crippen LogP contribution in [0.5, 0.6) is 5.75 Å². The first-order chi connectivity index (χ1) is 9.55. The van der Waals surface area contributed by atoms with Gasteiger partial charge in [-0.1, -0.05) is 19.1 Å². The van der Waals surface area contributed by atoms with E-state index in [9.17, 15) is 9.59 Å². The standard InChI is InChI=1S/C14H20N2O4.ClH/c1-3-16(10-13(17)15-8-14(18)19)9-11-4-6-12(20-2)7-5-11;/h4-7H,3,8-10H2,1-2H3,(H,15,17)(H,18,19);1H. The molecule has 0 spiro atoms. The number of benzene rings is 1. The molecule has 1 aromatic rings. The number of hydrogen-bond donors (Lipinski definition) is 2. The summed E-state index contributed by atoms with van der Waals surface area (Å²) in [7, 11) is 1.61. The Hall–Kier alpha value is -1.79. The van der Waals surface area contributed by atoms with Gasteiger partial charge in [0.1, 0.15) is 12.3 Å². The van der Waals surface area contributed by atoms with Gasteiger partial charge in [-0.2, -0.15) is 0 Å². The third kappa shape index (κ3) is 7.53. The minimum atomic E-state index is -1.04. The molecule has 0 aliphatic carbocycles. The van der Waals surface area contributed by atoms with Gasteiger partial charge in [-0.3, -0.25) is 14.5 Å². The highest BCUT2D eigenvalue weighted by molar-refractivity contribution is 5.85. The number of ether oxygens (including phenoxy) is 1. The van der Waals surface area contributed by atoms with E-state index in [0.717, 1.165) is 11.3 Å². The fraction of sp³-hybridized carbons (Fsp3) is 0.429. The highest BCUT2D eigenvalue weighted by Crippen LogP contribution is 2.12. The molecule has 0 saturated carbocycles. The van der Waals surface area contributed by atoms with Crippen LogP contribution < -0.4 is 10.1 Å². The fourth-order valence-electron chi connectivity index (χ4n) is 1.70. The summed E-state index contributed by atoms with van der Waals surface area (Å²) in [5.41, 5.74) is 1.07. The molecule has 0 fully saturated rings. The first-order valence-corrected chi connectivity index (χ1v) is 6.39. The Balaban J connectivity index is 0.00000400. The lowest BCUT2D eigenvalue weighted by molar-refractivity contribution is -0.138. The van der Waals surface area contributed by atoms with Gasteiger partial charge in [0.15, 0.2) is 0 Å². The van der Waals surface area contributed by atoms with Gasteiger partial charge in [0.25, 0.3) is 0 Å². The van der Waals surface area contributed by atoms with Crippen LogP contribution in [0.4, 0.5) is 0 Å². The molecule has 0 unspecified atom stereocenters. The zero-order valence-corrected chi connectivity index (χ0v) is 13.0. The van der Waals surface area contributed by atoms with Gasteiger partial charge in [0, 0.05) is 6.54 Å². The van der Waals surface area contributed by atoms with Crippen molar-refractivity contribution in [3.8, 4) is 5.75 Å². The van der Waals surface area contributed by atoms with Crippen molar-refractivity contribution in [3.05, 3.63) is 29.8 Å². The number of likely N-dealkylation sites (N-methyl/N-ethyl adjacent to an activating group) is 1. The second-order valence-electron chi connectivity index (χ2n) is 4.32. The van der Waals surface area contributed by atoms with E-state index in [0.29, 0.717) is 13.1 Å². The quantitative estimate of drug-likeness (QED) is 0.752. The number of methoxy groups -OCH3 is 1. The third-order valence-corrected chi connectivity index (χ3v) is 2.82. The van der Waals surface area contributed by atoms with E-state index < -0.39 is 5.97 Å². The largest absolute Gasteiger partial charge is 0.497 e. The Morgan fingerprint density at radius 2 is 1.90 bits per heavy atom. The summed E-state index contributed by atoms with van der Waals surface area (Å²) in [6.45, 7) is 3.11. The molecule has 7 heteroatoms. The van der Waals surface area contributed by atoms with E-state index in [2.05, 4.69) is 5.32 Å². The number of carbonyl (C=O) groups is 2. The van der Waals surface area contributed by atoms with Crippen molar-refractivity contribution in [2.45, 2.75) is 13.5 Å². The molecule has 1 aromatic carbocycles. The van der Waals surface area contributed by atoms with Gasteiger partial charge >= 0.3 is 5.97 Å². The van der Waals surface area contributed by atoms with Crippen LogP contribution in [0, 0.1) is 0 Å². The van der Waals surface area contributed by atoms with E-state index in [1.54, 1.807) is 7.11 Å². The van der Waals surface area contributed by atoms with Gasteiger partial charge in [-0.25, -0.2) is 0 Å². The van der Waals surface area contributed by atoms with Crippen LogP contribution in [-0.4, -0.2) is 48.6 Å². The van der Waals surface area contributed by atoms with Crippen molar-refractivity contribution in [1.82, 2.24) is 10.2 Å². The van der Waals surface area contributed by atoms with Crippen LogP contribution in [0.3, 0.4) is 0 Å². The third-order valence-electron chi connectivity index (χ3n) is 2.82. The minimum Gasteiger partial charge on any atom is -0.497 e. The molecule has 0 heterocycles. The summed E-state index contributed by atoms with van der Waals surface area (Å²) >= 11 is 0. The lowest BCUT2D eigenvalue weighted by Crippen LogP contribution is -2.38. The molecule has 0 radical (unpaired) electrons. The average molecular weight is 317 g/mol. The molecule has 0 aromatic heterocycles. The number of aliphatic carboxylic acids is 1. The monoisotopic (exact) mass is 316 g/mol. The number of nitrogens with zero attached hydrogens (tertiary/aromatic N) is 1. The molecule has 21 heavy (non-hydrogen) atoms. The van der Waals surface area contributed by atoms with Crippen LogP contribution in [0.1, 0.15) is 12.5 Å². The number of carbonyl (C=O) groups excluding carboxylic acids is 1. The second-order valence-corrected chi connectivity index (χ2v) is 4.32. The second kappa shape index (κ2) is 10.0. The summed E-state index contributed by atoms with van der Waals surface area (Å²) in [5.74, 6) is -0.546. The minimum absolute atomic E-state index is 0. The van der Waals surface area contributed by atoms with E-state index in [4.69, 9.17) is 9.84 Å². The van der Waals surface area contributed by atoms with Crippen molar-refractivity contribution in [3.63, 3.8) is 0 Å². The van der Waals surface area contributed by atoms with Crippen LogP contribution >= 0.6 is 12.4 Å². The molecule has 1 rings (SSSR count). The maximum Gasteiger partial charge on any atom is 0.322 e. The fourth-order valence-corrected chi connectivity index (χ4v) is 1.70. The zero-order chi connectivity index (χ0) is 15.0. The molecular formula is C14H21ClN2O4. The first-order valence-electron chi connectivity index (χ1n) is 6.39. The normalized spacial score (nSPS) is 9.86. The molecule has 0 aliphatic rings. The van der Waals surface area contributed by atoms with Gasteiger partial charge in [-0.05, 0) is 24.2 Å².